The summed E-state index contributed by atoms with van der Waals surface area (Å²) in [5.74, 6) is -2.23. The van der Waals surface area contributed by atoms with Crippen molar-refractivity contribution in [3.63, 3.8) is 0 Å². The van der Waals surface area contributed by atoms with Crippen molar-refractivity contribution in [1.29, 1.82) is 0 Å². The van der Waals surface area contributed by atoms with Gasteiger partial charge in [0.1, 0.15) is 6.10 Å². The van der Waals surface area contributed by atoms with Crippen LogP contribution in [-0.4, -0.2) is 53.6 Å². The van der Waals surface area contributed by atoms with Crippen molar-refractivity contribution in [2.24, 2.45) is 0 Å². The number of hydrogen-bond donors (Lipinski definition) is 2. The van der Waals surface area contributed by atoms with Crippen LogP contribution in [0.25, 0.3) is 10.9 Å². The summed E-state index contributed by atoms with van der Waals surface area (Å²) < 4.78 is 43.4. The number of carbonyl (C=O) groups excluding carboxylic acids is 2. The number of alkyl halides is 3. The first-order valence-electron chi connectivity index (χ1n) is 12.8. The Morgan fingerprint density at radius 1 is 1.11 bits per heavy atom. The number of rotatable bonds is 8. The number of aromatic nitrogens is 1. The third kappa shape index (κ3) is 6.88. The van der Waals surface area contributed by atoms with E-state index in [1.54, 1.807) is 18.2 Å². The normalized spacial score (nSPS) is 16.2. The van der Waals surface area contributed by atoms with Crippen molar-refractivity contribution >= 4 is 34.4 Å². The number of aromatic amines is 1. The van der Waals surface area contributed by atoms with Crippen LogP contribution in [0.2, 0.25) is 5.02 Å². The zero-order valence-electron chi connectivity index (χ0n) is 21.1. The third-order valence-electron chi connectivity index (χ3n) is 6.80. The van der Waals surface area contributed by atoms with E-state index >= 15 is 0 Å². The Bertz CT molecular complexity index is 1270. The highest BCUT2D eigenvalue weighted by Gasteiger charge is 2.42. The van der Waals surface area contributed by atoms with Crippen LogP contribution in [0, 0.1) is 0 Å². The topological polar surface area (TPSA) is 74.4 Å². The number of amides is 1. The summed E-state index contributed by atoms with van der Waals surface area (Å²) in [5.41, 5.74) is 2.74. The molecule has 6 nitrogen and oxygen atoms in total. The highest BCUT2D eigenvalue weighted by atomic mass is 35.5. The standard InChI is InChI=1S/C28H31ClF3N3O3/c1-18(33-17-24(38-27(37)28(30,31)32)19-8-6-9-21(29)15-19)14-20-16-34-25-22(20)10-7-11-23(25)26(36)35-12-4-2-3-5-13-35/h6-11,15-16,18,24,33-34H,2-5,12-14,17H2,1H3/t18-,24+/m1/s1. The van der Waals surface area contributed by atoms with Crippen molar-refractivity contribution < 1.29 is 27.5 Å². The number of para-hydroxylation sites is 1. The van der Waals surface area contributed by atoms with Gasteiger partial charge in [-0.05, 0) is 55.5 Å². The second kappa shape index (κ2) is 12.2. The molecule has 1 saturated heterocycles. The molecule has 0 spiro atoms. The zero-order valence-corrected chi connectivity index (χ0v) is 21.9. The average molecular weight is 550 g/mol. The fourth-order valence-corrected chi connectivity index (χ4v) is 5.04. The van der Waals surface area contributed by atoms with Gasteiger partial charge in [-0.2, -0.15) is 13.2 Å². The Balaban J connectivity index is 1.46. The molecular formula is C28H31ClF3N3O3. The molecule has 2 aromatic carbocycles. The van der Waals surface area contributed by atoms with E-state index in [0.29, 0.717) is 22.6 Å². The van der Waals surface area contributed by atoms with E-state index in [0.717, 1.165) is 55.2 Å². The van der Waals surface area contributed by atoms with Gasteiger partial charge in [-0.15, -0.1) is 0 Å². The summed E-state index contributed by atoms with van der Waals surface area (Å²) in [6.07, 6.45) is 0.417. The third-order valence-corrected chi connectivity index (χ3v) is 7.04. The van der Waals surface area contributed by atoms with Crippen LogP contribution in [0.5, 0.6) is 0 Å². The minimum absolute atomic E-state index is 0.0212. The first kappa shape index (κ1) is 28.0. The summed E-state index contributed by atoms with van der Waals surface area (Å²) in [4.78, 5) is 30.0. The van der Waals surface area contributed by atoms with Crippen LogP contribution in [-0.2, 0) is 16.0 Å². The molecular weight excluding hydrogens is 519 g/mol. The number of carbonyl (C=O) groups is 2. The van der Waals surface area contributed by atoms with Gasteiger partial charge in [0.2, 0.25) is 0 Å². The second-order valence-electron chi connectivity index (χ2n) is 9.71. The van der Waals surface area contributed by atoms with Crippen molar-refractivity contribution in [2.45, 2.75) is 57.3 Å². The molecule has 0 saturated carbocycles. The van der Waals surface area contributed by atoms with Crippen molar-refractivity contribution in [3.8, 4) is 0 Å². The Morgan fingerprint density at radius 2 is 1.82 bits per heavy atom. The van der Waals surface area contributed by atoms with Gasteiger partial charge < -0.3 is 19.9 Å². The molecule has 2 N–H and O–H groups in total. The number of benzene rings is 2. The lowest BCUT2D eigenvalue weighted by atomic mass is 10.0. The monoisotopic (exact) mass is 549 g/mol. The molecule has 2 atom stereocenters. The Labute approximate surface area is 224 Å². The minimum Gasteiger partial charge on any atom is -0.449 e. The molecule has 1 aliphatic heterocycles. The van der Waals surface area contributed by atoms with E-state index in [9.17, 15) is 22.8 Å². The molecule has 1 fully saturated rings. The molecule has 1 aromatic heterocycles. The fraction of sp³-hybridized carbons (Fsp3) is 0.429. The summed E-state index contributed by atoms with van der Waals surface area (Å²) in [5, 5.41) is 4.43. The van der Waals surface area contributed by atoms with Crippen LogP contribution in [0.3, 0.4) is 0 Å². The number of hydrogen-bond acceptors (Lipinski definition) is 4. The summed E-state index contributed by atoms with van der Waals surface area (Å²) in [6.45, 7) is 3.38. The number of fused-ring (bicyclic) bond motifs is 1. The smallest absolute Gasteiger partial charge is 0.449 e. The number of esters is 1. The molecule has 4 rings (SSSR count). The quantitative estimate of drug-likeness (QED) is 0.328. The van der Waals surface area contributed by atoms with Gasteiger partial charge in [-0.25, -0.2) is 4.79 Å². The van der Waals surface area contributed by atoms with Crippen molar-refractivity contribution in [1.82, 2.24) is 15.2 Å². The first-order chi connectivity index (χ1) is 18.1. The molecule has 204 valence electrons. The van der Waals surface area contributed by atoms with Crippen LogP contribution in [0.4, 0.5) is 13.2 Å². The zero-order chi connectivity index (χ0) is 27.3. The van der Waals surface area contributed by atoms with E-state index in [-0.39, 0.29) is 18.5 Å². The molecule has 0 radical (unpaired) electrons. The molecule has 10 heteroatoms. The molecule has 1 amide bonds. The largest absolute Gasteiger partial charge is 0.490 e. The highest BCUT2D eigenvalue weighted by molar-refractivity contribution is 6.30. The average Bonchev–Trinajstić information content (AvgIpc) is 3.09. The van der Waals surface area contributed by atoms with Crippen molar-refractivity contribution in [3.05, 3.63) is 70.4 Å². The second-order valence-corrected chi connectivity index (χ2v) is 10.1. The van der Waals surface area contributed by atoms with Crippen LogP contribution in [0.15, 0.2) is 48.7 Å². The number of halogens is 4. The van der Waals surface area contributed by atoms with Gasteiger partial charge in [0, 0.05) is 42.3 Å². The Morgan fingerprint density at radius 3 is 2.50 bits per heavy atom. The van der Waals surface area contributed by atoms with Gasteiger partial charge in [0.05, 0.1) is 11.1 Å². The molecule has 0 aliphatic carbocycles. The van der Waals surface area contributed by atoms with Crippen LogP contribution >= 0.6 is 11.6 Å². The molecule has 2 heterocycles. The van der Waals surface area contributed by atoms with Gasteiger partial charge in [0.25, 0.3) is 5.91 Å². The summed E-state index contributed by atoms with van der Waals surface area (Å²) >= 11 is 6.01. The fourth-order valence-electron chi connectivity index (χ4n) is 4.84. The highest BCUT2D eigenvalue weighted by Crippen LogP contribution is 2.27. The Hall–Kier alpha value is -3.04. The van der Waals surface area contributed by atoms with E-state index < -0.39 is 18.2 Å². The minimum atomic E-state index is -5.10. The molecule has 1 aliphatic rings. The lowest BCUT2D eigenvalue weighted by molar-refractivity contribution is -0.205. The lowest BCUT2D eigenvalue weighted by Gasteiger charge is -2.22. The number of H-pyrrole nitrogens is 1. The predicted molar refractivity (Wildman–Crippen MR) is 140 cm³/mol. The van der Waals surface area contributed by atoms with E-state index in [1.807, 2.05) is 36.2 Å². The van der Waals surface area contributed by atoms with Gasteiger partial charge in [-0.1, -0.05) is 48.7 Å². The van der Waals surface area contributed by atoms with Gasteiger partial charge in [0.15, 0.2) is 0 Å². The van der Waals surface area contributed by atoms with E-state index in [4.69, 9.17) is 16.3 Å². The number of likely N-dealkylation sites (tertiary alicyclic amines) is 1. The van der Waals surface area contributed by atoms with Crippen molar-refractivity contribution in [2.75, 3.05) is 19.6 Å². The van der Waals surface area contributed by atoms with Crippen LogP contribution < -0.4 is 5.32 Å². The molecule has 0 bridgehead atoms. The maximum absolute atomic E-state index is 13.3. The van der Waals surface area contributed by atoms with Crippen LogP contribution in [0.1, 0.15) is 60.2 Å². The summed E-state index contributed by atoms with van der Waals surface area (Å²) in [7, 11) is 0. The number of nitrogens with one attached hydrogen (secondary N) is 2. The maximum Gasteiger partial charge on any atom is 0.490 e. The van der Waals surface area contributed by atoms with E-state index in [1.165, 1.54) is 6.07 Å². The molecule has 0 unspecified atom stereocenters. The Kier molecular flexibility index (Phi) is 8.99. The first-order valence-corrected chi connectivity index (χ1v) is 13.2. The molecule has 38 heavy (non-hydrogen) atoms. The molecule has 3 aromatic rings. The lowest BCUT2D eigenvalue weighted by Crippen LogP contribution is -2.35. The van der Waals surface area contributed by atoms with Gasteiger partial charge >= 0.3 is 12.1 Å². The summed E-state index contributed by atoms with van der Waals surface area (Å²) in [6, 6.07) is 11.7. The van der Waals surface area contributed by atoms with E-state index in [2.05, 4.69) is 10.3 Å². The predicted octanol–water partition coefficient (Wildman–Crippen LogP) is 6.20. The van der Waals surface area contributed by atoms with Gasteiger partial charge in [-0.3, -0.25) is 4.79 Å². The number of nitrogens with zero attached hydrogens (tertiary/aromatic N) is 1. The SMILES string of the molecule is C[C@H](Cc1c[nH]c2c(C(=O)N3CCCCCC3)cccc12)NC[C@H](OC(=O)C(F)(F)F)c1cccc(Cl)c1. The number of ether oxygens (including phenoxy) is 1. The maximum atomic E-state index is 13.3.